The van der Waals surface area contributed by atoms with Crippen LogP contribution in [0, 0.1) is 12.3 Å². The number of nitrogens with one attached hydrogen (secondary N) is 1. The highest BCUT2D eigenvalue weighted by Crippen LogP contribution is 2.12. The molecule has 1 heterocycles. The lowest BCUT2D eigenvalue weighted by molar-refractivity contribution is 0.162. The highest BCUT2D eigenvalue weighted by molar-refractivity contribution is 7.99. The van der Waals surface area contributed by atoms with Crippen LogP contribution >= 0.6 is 11.8 Å². The van der Waals surface area contributed by atoms with Crippen molar-refractivity contribution >= 4 is 11.8 Å². The Balaban J connectivity index is 2.02. The number of rotatable bonds is 6. The van der Waals surface area contributed by atoms with E-state index in [2.05, 4.69) is 30.0 Å². The van der Waals surface area contributed by atoms with Crippen LogP contribution in [0.1, 0.15) is 26.7 Å². The molecule has 1 aliphatic rings. The van der Waals surface area contributed by atoms with E-state index < -0.39 is 0 Å². The van der Waals surface area contributed by atoms with Crippen molar-refractivity contribution < 1.29 is 0 Å². The maximum absolute atomic E-state index is 5.20. The SMILES string of the molecule is C#CCSCCNC1CCN(C(C)C)CC1. The molecule has 0 amide bonds. The Morgan fingerprint density at radius 1 is 1.44 bits per heavy atom. The Kier molecular flexibility index (Phi) is 6.95. The van der Waals surface area contributed by atoms with E-state index in [4.69, 9.17) is 6.42 Å². The molecule has 2 nitrogen and oxygen atoms in total. The first-order valence-electron chi connectivity index (χ1n) is 6.22. The zero-order valence-corrected chi connectivity index (χ0v) is 11.4. The van der Waals surface area contributed by atoms with Gasteiger partial charge >= 0.3 is 0 Å². The second-order valence-corrected chi connectivity index (χ2v) is 5.72. The topological polar surface area (TPSA) is 15.3 Å². The van der Waals surface area contributed by atoms with Crippen molar-refractivity contribution in [1.82, 2.24) is 10.2 Å². The molecular weight excluding hydrogens is 216 g/mol. The predicted molar refractivity (Wildman–Crippen MR) is 73.9 cm³/mol. The Morgan fingerprint density at radius 3 is 2.69 bits per heavy atom. The van der Waals surface area contributed by atoms with Crippen LogP contribution in [0.2, 0.25) is 0 Å². The summed E-state index contributed by atoms with van der Waals surface area (Å²) in [5, 5.41) is 3.62. The van der Waals surface area contributed by atoms with Gasteiger partial charge in [-0.1, -0.05) is 5.92 Å². The minimum Gasteiger partial charge on any atom is -0.313 e. The first-order chi connectivity index (χ1) is 7.74. The van der Waals surface area contributed by atoms with Crippen LogP contribution in [0.3, 0.4) is 0 Å². The maximum Gasteiger partial charge on any atom is 0.0545 e. The molecule has 1 aliphatic heterocycles. The highest BCUT2D eigenvalue weighted by atomic mass is 32.2. The number of hydrogen-bond donors (Lipinski definition) is 1. The molecule has 1 N–H and O–H groups in total. The summed E-state index contributed by atoms with van der Waals surface area (Å²) in [5.41, 5.74) is 0. The molecule has 1 fully saturated rings. The number of likely N-dealkylation sites (tertiary alicyclic amines) is 1. The van der Waals surface area contributed by atoms with Gasteiger partial charge in [-0.05, 0) is 39.8 Å². The fourth-order valence-corrected chi connectivity index (χ4v) is 2.61. The molecule has 1 rings (SSSR count). The van der Waals surface area contributed by atoms with Crippen molar-refractivity contribution in [3.05, 3.63) is 0 Å². The third-order valence-corrected chi connectivity index (χ3v) is 3.99. The van der Waals surface area contributed by atoms with Crippen LogP contribution in [0.4, 0.5) is 0 Å². The smallest absolute Gasteiger partial charge is 0.0545 e. The Labute approximate surface area is 105 Å². The van der Waals surface area contributed by atoms with Crippen LogP contribution in [0.25, 0.3) is 0 Å². The van der Waals surface area contributed by atoms with Gasteiger partial charge in [-0.25, -0.2) is 0 Å². The second kappa shape index (κ2) is 8.00. The number of nitrogens with zero attached hydrogens (tertiary/aromatic N) is 1. The molecule has 1 saturated heterocycles. The van der Waals surface area contributed by atoms with E-state index in [1.54, 1.807) is 0 Å². The molecule has 3 heteroatoms. The molecule has 0 atom stereocenters. The molecule has 0 aromatic heterocycles. The van der Waals surface area contributed by atoms with Gasteiger partial charge in [0.1, 0.15) is 0 Å². The van der Waals surface area contributed by atoms with Crippen LogP contribution in [-0.2, 0) is 0 Å². The molecule has 0 spiro atoms. The molecule has 0 bridgehead atoms. The molecule has 92 valence electrons. The Hall–Kier alpha value is -0.170. The molecule has 0 aromatic rings. The molecule has 0 saturated carbocycles. The predicted octanol–water partition coefficient (Wildman–Crippen LogP) is 1.82. The summed E-state index contributed by atoms with van der Waals surface area (Å²) in [6, 6.07) is 1.42. The van der Waals surface area contributed by atoms with Crippen molar-refractivity contribution in [2.45, 2.75) is 38.8 Å². The third-order valence-electron chi connectivity index (χ3n) is 3.12. The van der Waals surface area contributed by atoms with E-state index in [9.17, 15) is 0 Å². The summed E-state index contributed by atoms with van der Waals surface area (Å²) in [6.07, 6.45) is 7.78. The summed E-state index contributed by atoms with van der Waals surface area (Å²) in [5.74, 6) is 4.63. The van der Waals surface area contributed by atoms with Crippen LogP contribution < -0.4 is 5.32 Å². The largest absolute Gasteiger partial charge is 0.313 e. The molecule has 0 radical (unpaired) electrons. The van der Waals surface area contributed by atoms with Crippen molar-refractivity contribution in [3.63, 3.8) is 0 Å². The number of thioether (sulfide) groups is 1. The first-order valence-corrected chi connectivity index (χ1v) is 7.38. The molecule has 0 aliphatic carbocycles. The van der Waals surface area contributed by atoms with Crippen molar-refractivity contribution in [2.75, 3.05) is 31.1 Å². The van der Waals surface area contributed by atoms with Gasteiger partial charge in [-0.2, -0.15) is 0 Å². The van der Waals surface area contributed by atoms with Crippen LogP contribution in [-0.4, -0.2) is 48.1 Å². The molecular formula is C13H24N2S. The fraction of sp³-hybridized carbons (Fsp3) is 0.846. The minimum absolute atomic E-state index is 0.701. The summed E-state index contributed by atoms with van der Waals surface area (Å²) < 4.78 is 0. The summed E-state index contributed by atoms with van der Waals surface area (Å²) in [4.78, 5) is 2.56. The van der Waals surface area contributed by atoms with Gasteiger partial charge < -0.3 is 10.2 Å². The number of hydrogen-bond acceptors (Lipinski definition) is 3. The normalized spacial score (nSPS) is 18.9. The van der Waals surface area contributed by atoms with Gasteiger partial charge in [-0.3, -0.25) is 0 Å². The number of terminal acetylenes is 1. The Morgan fingerprint density at radius 2 is 2.12 bits per heavy atom. The average Bonchev–Trinajstić information content (AvgIpc) is 2.29. The zero-order chi connectivity index (χ0) is 11.8. The minimum atomic E-state index is 0.701. The highest BCUT2D eigenvalue weighted by Gasteiger charge is 2.19. The lowest BCUT2D eigenvalue weighted by Gasteiger charge is -2.35. The van der Waals surface area contributed by atoms with Gasteiger partial charge in [0.15, 0.2) is 0 Å². The van der Waals surface area contributed by atoms with E-state index in [0.29, 0.717) is 6.04 Å². The average molecular weight is 240 g/mol. The van der Waals surface area contributed by atoms with E-state index in [0.717, 1.165) is 24.1 Å². The molecule has 16 heavy (non-hydrogen) atoms. The quantitative estimate of drug-likeness (QED) is 0.563. The van der Waals surface area contributed by atoms with E-state index in [1.165, 1.54) is 25.9 Å². The van der Waals surface area contributed by atoms with Gasteiger partial charge in [0, 0.05) is 24.4 Å². The van der Waals surface area contributed by atoms with E-state index in [1.807, 2.05) is 11.8 Å². The van der Waals surface area contributed by atoms with Gasteiger partial charge in [-0.15, -0.1) is 18.2 Å². The lowest BCUT2D eigenvalue weighted by Crippen LogP contribution is -2.45. The Bertz CT molecular complexity index is 214. The monoisotopic (exact) mass is 240 g/mol. The summed E-state index contributed by atoms with van der Waals surface area (Å²) >= 11 is 1.84. The number of piperidine rings is 1. The van der Waals surface area contributed by atoms with Gasteiger partial charge in [0.25, 0.3) is 0 Å². The lowest BCUT2D eigenvalue weighted by atomic mass is 10.0. The standard InChI is InChI=1S/C13H24N2S/c1-4-10-16-11-7-14-13-5-8-15(9-6-13)12(2)3/h1,12-14H,5-11H2,2-3H3. The van der Waals surface area contributed by atoms with Crippen molar-refractivity contribution in [1.29, 1.82) is 0 Å². The zero-order valence-electron chi connectivity index (χ0n) is 10.5. The molecule has 0 unspecified atom stereocenters. The van der Waals surface area contributed by atoms with E-state index in [-0.39, 0.29) is 0 Å². The van der Waals surface area contributed by atoms with Gasteiger partial charge in [0.05, 0.1) is 5.75 Å². The van der Waals surface area contributed by atoms with Crippen molar-refractivity contribution in [3.8, 4) is 12.3 Å². The second-order valence-electron chi connectivity index (χ2n) is 4.61. The van der Waals surface area contributed by atoms with Gasteiger partial charge in [0.2, 0.25) is 0 Å². The van der Waals surface area contributed by atoms with Crippen molar-refractivity contribution in [2.24, 2.45) is 0 Å². The maximum atomic E-state index is 5.20. The van der Waals surface area contributed by atoms with E-state index >= 15 is 0 Å². The van der Waals surface area contributed by atoms with Crippen LogP contribution in [0.5, 0.6) is 0 Å². The third kappa shape index (κ3) is 5.25. The fourth-order valence-electron chi connectivity index (χ4n) is 2.09. The summed E-state index contributed by atoms with van der Waals surface area (Å²) in [6.45, 7) is 8.15. The van der Waals surface area contributed by atoms with Crippen LogP contribution in [0.15, 0.2) is 0 Å². The first kappa shape index (κ1) is 13.9. The molecule has 0 aromatic carbocycles. The summed E-state index contributed by atoms with van der Waals surface area (Å²) in [7, 11) is 0.